The monoisotopic (exact) mass is 348 g/mol. The molecule has 0 unspecified atom stereocenters. The Labute approximate surface area is 145 Å². The number of carbonyl (C=O) groups is 1. The van der Waals surface area contributed by atoms with Crippen LogP contribution in [0.3, 0.4) is 0 Å². The molecule has 0 N–H and O–H groups in total. The van der Waals surface area contributed by atoms with Crippen LogP contribution >= 0.6 is 0 Å². The van der Waals surface area contributed by atoms with Crippen LogP contribution in [0.15, 0.2) is 30.7 Å². The molecule has 1 aromatic carbocycles. The Morgan fingerprint density at radius 2 is 1.96 bits per heavy atom. The second-order valence-electron chi connectivity index (χ2n) is 6.34. The number of hydrogen-bond donors (Lipinski definition) is 0. The molecule has 1 aromatic heterocycles. The van der Waals surface area contributed by atoms with Gasteiger partial charge in [0.05, 0.1) is 6.33 Å². The molecule has 134 valence electrons. The standard InChI is InChI=1S/C18H22F2N4O/c1-3-17(14-5-4-13(19)10-15(14)20)23-6-8-24(9-7-23)18(25)16-11-22(2)12-21-16/h4-5,10-12,17H,3,6-9H2,1-2H3/t17-/m1/s1. The van der Waals surface area contributed by atoms with Gasteiger partial charge in [0.1, 0.15) is 17.3 Å². The van der Waals surface area contributed by atoms with E-state index in [1.165, 1.54) is 12.1 Å². The van der Waals surface area contributed by atoms with Gasteiger partial charge < -0.3 is 9.47 Å². The van der Waals surface area contributed by atoms with Crippen molar-refractivity contribution >= 4 is 5.91 Å². The molecule has 1 aliphatic rings. The molecule has 2 heterocycles. The van der Waals surface area contributed by atoms with Crippen molar-refractivity contribution in [3.05, 3.63) is 53.6 Å². The summed E-state index contributed by atoms with van der Waals surface area (Å²) in [6, 6.07) is 3.62. The number of carbonyl (C=O) groups excluding carboxylic acids is 1. The van der Waals surface area contributed by atoms with E-state index in [2.05, 4.69) is 9.88 Å². The number of aromatic nitrogens is 2. The summed E-state index contributed by atoms with van der Waals surface area (Å²) in [4.78, 5) is 20.5. The van der Waals surface area contributed by atoms with E-state index in [1.54, 1.807) is 22.0 Å². The molecule has 1 amide bonds. The predicted molar refractivity (Wildman–Crippen MR) is 90.1 cm³/mol. The molecule has 3 rings (SSSR count). The SMILES string of the molecule is CC[C@H](c1ccc(F)cc1F)N1CCN(C(=O)c2cn(C)cn2)CC1. The van der Waals surface area contributed by atoms with Gasteiger partial charge in [-0.05, 0) is 12.5 Å². The van der Waals surface area contributed by atoms with Crippen molar-refractivity contribution in [1.29, 1.82) is 0 Å². The normalized spacial score (nSPS) is 16.9. The number of benzene rings is 1. The minimum Gasteiger partial charge on any atom is -0.340 e. The molecule has 1 atom stereocenters. The van der Waals surface area contributed by atoms with Crippen LogP contribution in [0, 0.1) is 11.6 Å². The molecular weight excluding hydrogens is 326 g/mol. The lowest BCUT2D eigenvalue weighted by Crippen LogP contribution is -2.49. The van der Waals surface area contributed by atoms with Gasteiger partial charge in [0.2, 0.25) is 0 Å². The van der Waals surface area contributed by atoms with Crippen molar-refractivity contribution in [2.45, 2.75) is 19.4 Å². The minimum atomic E-state index is -0.568. The Kier molecular flexibility index (Phi) is 5.13. The summed E-state index contributed by atoms with van der Waals surface area (Å²) in [6.45, 7) is 4.41. The van der Waals surface area contributed by atoms with Gasteiger partial charge in [-0.2, -0.15) is 0 Å². The van der Waals surface area contributed by atoms with E-state index in [0.29, 0.717) is 37.4 Å². The van der Waals surface area contributed by atoms with Crippen molar-refractivity contribution in [2.24, 2.45) is 7.05 Å². The van der Waals surface area contributed by atoms with Gasteiger partial charge in [0.15, 0.2) is 0 Å². The lowest BCUT2D eigenvalue weighted by Gasteiger charge is -2.39. The average molecular weight is 348 g/mol. The number of imidazole rings is 1. The smallest absolute Gasteiger partial charge is 0.274 e. The molecule has 7 heteroatoms. The molecule has 1 aliphatic heterocycles. The van der Waals surface area contributed by atoms with Gasteiger partial charge in [-0.25, -0.2) is 13.8 Å². The fourth-order valence-electron chi connectivity index (χ4n) is 3.37. The lowest BCUT2D eigenvalue weighted by atomic mass is 10.0. The fraction of sp³-hybridized carbons (Fsp3) is 0.444. The highest BCUT2D eigenvalue weighted by Crippen LogP contribution is 2.28. The van der Waals surface area contributed by atoms with Crippen molar-refractivity contribution in [1.82, 2.24) is 19.4 Å². The van der Waals surface area contributed by atoms with Crippen LogP contribution in [0.2, 0.25) is 0 Å². The molecule has 5 nitrogen and oxygen atoms in total. The van der Waals surface area contributed by atoms with Crippen LogP contribution in [-0.4, -0.2) is 51.4 Å². The van der Waals surface area contributed by atoms with E-state index in [9.17, 15) is 13.6 Å². The van der Waals surface area contributed by atoms with Gasteiger partial charge in [-0.3, -0.25) is 9.69 Å². The number of rotatable bonds is 4. The van der Waals surface area contributed by atoms with Crippen molar-refractivity contribution < 1.29 is 13.6 Å². The highest BCUT2D eigenvalue weighted by molar-refractivity contribution is 5.92. The topological polar surface area (TPSA) is 41.4 Å². The van der Waals surface area contributed by atoms with E-state index < -0.39 is 11.6 Å². The Morgan fingerprint density at radius 3 is 2.52 bits per heavy atom. The fourth-order valence-corrected chi connectivity index (χ4v) is 3.37. The van der Waals surface area contributed by atoms with Crippen molar-refractivity contribution in [2.75, 3.05) is 26.2 Å². The quantitative estimate of drug-likeness (QED) is 0.853. The Balaban J connectivity index is 1.67. The van der Waals surface area contributed by atoms with E-state index in [0.717, 1.165) is 12.5 Å². The van der Waals surface area contributed by atoms with Gasteiger partial charge in [-0.1, -0.05) is 13.0 Å². The van der Waals surface area contributed by atoms with Gasteiger partial charge in [0.25, 0.3) is 5.91 Å². The largest absolute Gasteiger partial charge is 0.340 e. The highest BCUT2D eigenvalue weighted by atomic mass is 19.1. The van der Waals surface area contributed by atoms with Crippen molar-refractivity contribution in [3.8, 4) is 0 Å². The maximum Gasteiger partial charge on any atom is 0.274 e. The molecule has 2 aromatic rings. The second kappa shape index (κ2) is 7.31. The molecule has 1 fully saturated rings. The summed E-state index contributed by atoms with van der Waals surface area (Å²) in [5.41, 5.74) is 0.945. The molecule has 0 spiro atoms. The number of piperazine rings is 1. The Hall–Kier alpha value is -2.28. The summed E-state index contributed by atoms with van der Waals surface area (Å²) in [6.07, 6.45) is 4.03. The van der Waals surface area contributed by atoms with Crippen LogP contribution in [-0.2, 0) is 7.05 Å². The molecule has 25 heavy (non-hydrogen) atoms. The summed E-state index contributed by atoms with van der Waals surface area (Å²) >= 11 is 0. The zero-order chi connectivity index (χ0) is 18.0. The number of halogens is 2. The zero-order valence-corrected chi connectivity index (χ0v) is 14.5. The number of amides is 1. The third-order valence-electron chi connectivity index (χ3n) is 4.67. The molecule has 0 aliphatic carbocycles. The molecular formula is C18H22F2N4O. The van der Waals surface area contributed by atoms with E-state index >= 15 is 0 Å². The first-order chi connectivity index (χ1) is 12.0. The predicted octanol–water partition coefficient (Wildman–Crippen LogP) is 2.61. The molecule has 0 bridgehead atoms. The van der Waals surface area contributed by atoms with Crippen molar-refractivity contribution in [3.63, 3.8) is 0 Å². The molecule has 0 saturated carbocycles. The Bertz CT molecular complexity index is 753. The van der Waals surface area contributed by atoms with Crippen LogP contribution in [0.1, 0.15) is 35.4 Å². The summed E-state index contributed by atoms with van der Waals surface area (Å²) < 4.78 is 29.0. The maximum atomic E-state index is 14.1. The van der Waals surface area contributed by atoms with Crippen LogP contribution in [0.25, 0.3) is 0 Å². The van der Waals surface area contributed by atoms with Crippen LogP contribution in [0.5, 0.6) is 0 Å². The van der Waals surface area contributed by atoms with E-state index in [4.69, 9.17) is 0 Å². The van der Waals surface area contributed by atoms with Crippen LogP contribution < -0.4 is 0 Å². The summed E-state index contributed by atoms with van der Waals surface area (Å²) in [7, 11) is 1.82. The van der Waals surface area contributed by atoms with E-state index in [1.807, 2.05) is 14.0 Å². The average Bonchev–Trinajstić information content (AvgIpc) is 3.04. The third-order valence-corrected chi connectivity index (χ3v) is 4.67. The molecule has 0 radical (unpaired) electrons. The first-order valence-corrected chi connectivity index (χ1v) is 8.45. The first kappa shape index (κ1) is 17.5. The number of hydrogen-bond acceptors (Lipinski definition) is 3. The second-order valence-corrected chi connectivity index (χ2v) is 6.34. The van der Waals surface area contributed by atoms with Gasteiger partial charge in [0, 0.05) is 57.1 Å². The third kappa shape index (κ3) is 3.71. The summed E-state index contributed by atoms with van der Waals surface area (Å²) in [5.74, 6) is -1.16. The minimum absolute atomic E-state index is 0.0822. The summed E-state index contributed by atoms with van der Waals surface area (Å²) in [5, 5.41) is 0. The lowest BCUT2D eigenvalue weighted by molar-refractivity contribution is 0.0554. The number of aryl methyl sites for hydroxylation is 1. The highest BCUT2D eigenvalue weighted by Gasteiger charge is 2.28. The number of nitrogens with zero attached hydrogens (tertiary/aromatic N) is 4. The van der Waals surface area contributed by atoms with E-state index in [-0.39, 0.29) is 11.9 Å². The van der Waals surface area contributed by atoms with Crippen LogP contribution in [0.4, 0.5) is 8.78 Å². The molecule has 1 saturated heterocycles. The zero-order valence-electron chi connectivity index (χ0n) is 14.5. The first-order valence-electron chi connectivity index (χ1n) is 8.45. The Morgan fingerprint density at radius 1 is 1.24 bits per heavy atom. The van der Waals surface area contributed by atoms with Gasteiger partial charge >= 0.3 is 0 Å². The van der Waals surface area contributed by atoms with Gasteiger partial charge in [-0.15, -0.1) is 0 Å². The maximum absolute atomic E-state index is 14.1.